The third kappa shape index (κ3) is 5.43. The van der Waals surface area contributed by atoms with Gasteiger partial charge >= 0.3 is 0 Å². The molecule has 1 heterocycles. The largest absolute Gasteiger partial charge is 0.494 e. The monoisotopic (exact) mass is 459 g/mol. The van der Waals surface area contributed by atoms with Gasteiger partial charge in [0.05, 0.1) is 12.2 Å². The van der Waals surface area contributed by atoms with Crippen LogP contribution in [-0.2, 0) is 12.8 Å². The molecule has 2 amide bonds. The molecule has 0 saturated heterocycles. The number of anilines is 1. The van der Waals surface area contributed by atoms with E-state index in [0.717, 1.165) is 24.8 Å². The van der Waals surface area contributed by atoms with Gasteiger partial charge in [-0.3, -0.25) is 14.9 Å². The molecule has 1 aromatic carbocycles. The summed E-state index contributed by atoms with van der Waals surface area (Å²) in [7, 11) is 0. The molecule has 6 nitrogen and oxygen atoms in total. The summed E-state index contributed by atoms with van der Waals surface area (Å²) in [4.78, 5) is 26.0. The Morgan fingerprint density at radius 2 is 2.06 bits per heavy atom. The first kappa shape index (κ1) is 23.2. The van der Waals surface area contributed by atoms with Gasteiger partial charge in [0.25, 0.3) is 11.8 Å². The number of amides is 2. The fraction of sp³-hybridized carbons (Fsp3) is 0.435. The Morgan fingerprint density at radius 1 is 1.32 bits per heavy atom. The molecule has 8 heteroatoms. The van der Waals surface area contributed by atoms with Crippen molar-refractivity contribution < 1.29 is 14.3 Å². The molecule has 4 N–H and O–H groups in total. The average molecular weight is 460 g/mol. The molecule has 1 aliphatic carbocycles. The maximum Gasteiger partial charge on any atom is 0.257 e. The predicted octanol–water partition coefficient (Wildman–Crippen LogP) is 4.52. The van der Waals surface area contributed by atoms with E-state index in [1.165, 1.54) is 16.2 Å². The average Bonchev–Trinajstić information content (AvgIpc) is 3.04. The van der Waals surface area contributed by atoms with E-state index in [9.17, 15) is 9.59 Å². The molecule has 1 aromatic heterocycles. The number of nitrogens with two attached hydrogens (primary N) is 1. The first-order valence-corrected chi connectivity index (χ1v) is 11.6. The molecule has 166 valence electrons. The Kier molecular flexibility index (Phi) is 7.01. The van der Waals surface area contributed by atoms with Crippen LogP contribution >= 0.6 is 23.6 Å². The van der Waals surface area contributed by atoms with Crippen molar-refractivity contribution in [1.82, 2.24) is 5.32 Å². The van der Waals surface area contributed by atoms with Crippen LogP contribution in [-0.4, -0.2) is 23.5 Å². The van der Waals surface area contributed by atoms with Gasteiger partial charge in [-0.25, -0.2) is 0 Å². The second kappa shape index (κ2) is 9.36. The Bertz CT molecular complexity index is 1010. The zero-order valence-corrected chi connectivity index (χ0v) is 20.0. The van der Waals surface area contributed by atoms with Gasteiger partial charge in [0.2, 0.25) is 0 Å². The topological polar surface area (TPSA) is 93.4 Å². The number of ether oxygens (including phenoxy) is 1. The molecular weight excluding hydrogens is 430 g/mol. The van der Waals surface area contributed by atoms with E-state index >= 15 is 0 Å². The fourth-order valence-electron chi connectivity index (χ4n) is 3.88. The number of hydrogen-bond acceptors (Lipinski definition) is 5. The molecule has 0 unspecified atom stereocenters. The highest BCUT2D eigenvalue weighted by Gasteiger charge is 2.33. The number of thiophene rings is 1. The highest BCUT2D eigenvalue weighted by molar-refractivity contribution is 7.80. The minimum Gasteiger partial charge on any atom is -0.494 e. The van der Waals surface area contributed by atoms with Gasteiger partial charge in [0.15, 0.2) is 5.11 Å². The molecule has 2 aromatic rings. The summed E-state index contributed by atoms with van der Waals surface area (Å²) < 4.78 is 5.44. The SMILES string of the molecule is CCOc1cccc(C(=O)NC(=S)Nc2sc3c(c2C(N)=O)CC[C@@H](C(C)(C)C)C3)c1. The Hall–Kier alpha value is -2.45. The van der Waals surface area contributed by atoms with Crippen LogP contribution in [0.15, 0.2) is 24.3 Å². The predicted molar refractivity (Wildman–Crippen MR) is 129 cm³/mol. The van der Waals surface area contributed by atoms with E-state index < -0.39 is 5.91 Å². The van der Waals surface area contributed by atoms with Crippen LogP contribution in [0.25, 0.3) is 0 Å². The van der Waals surface area contributed by atoms with E-state index in [1.54, 1.807) is 24.3 Å². The highest BCUT2D eigenvalue weighted by atomic mass is 32.1. The molecule has 0 fully saturated rings. The zero-order chi connectivity index (χ0) is 22.8. The van der Waals surface area contributed by atoms with Crippen molar-refractivity contribution in [1.29, 1.82) is 0 Å². The number of benzene rings is 1. The quantitative estimate of drug-likeness (QED) is 0.572. The number of thiocarbonyl (C=S) groups is 1. The summed E-state index contributed by atoms with van der Waals surface area (Å²) in [5.74, 6) is 0.322. The molecular formula is C23H29N3O3S2. The van der Waals surface area contributed by atoms with E-state index in [2.05, 4.69) is 31.4 Å². The second-order valence-corrected chi connectivity index (χ2v) is 10.3. The second-order valence-electron chi connectivity index (χ2n) is 8.75. The van der Waals surface area contributed by atoms with Gasteiger partial charge in [-0.1, -0.05) is 26.8 Å². The Balaban J connectivity index is 1.76. The number of fused-ring (bicyclic) bond motifs is 1. The van der Waals surface area contributed by atoms with Crippen LogP contribution in [0.4, 0.5) is 5.00 Å². The van der Waals surface area contributed by atoms with Crippen molar-refractivity contribution in [3.8, 4) is 5.75 Å². The Morgan fingerprint density at radius 3 is 2.71 bits per heavy atom. The van der Waals surface area contributed by atoms with E-state index in [-0.39, 0.29) is 16.4 Å². The van der Waals surface area contributed by atoms with Crippen molar-refractivity contribution >= 4 is 45.5 Å². The minimum absolute atomic E-state index is 0.125. The lowest BCUT2D eigenvalue weighted by Gasteiger charge is -2.33. The van der Waals surface area contributed by atoms with Gasteiger partial charge in [-0.2, -0.15) is 0 Å². The van der Waals surface area contributed by atoms with E-state index in [4.69, 9.17) is 22.7 Å². The van der Waals surface area contributed by atoms with Gasteiger partial charge in [-0.05, 0) is 73.5 Å². The number of hydrogen-bond donors (Lipinski definition) is 3. The molecule has 0 spiro atoms. The zero-order valence-electron chi connectivity index (χ0n) is 18.3. The highest BCUT2D eigenvalue weighted by Crippen LogP contribution is 2.44. The molecule has 3 rings (SSSR count). The third-order valence-corrected chi connectivity index (χ3v) is 6.97. The number of primary amides is 1. The molecule has 1 aliphatic rings. The smallest absolute Gasteiger partial charge is 0.257 e. The van der Waals surface area contributed by atoms with Crippen LogP contribution in [0.3, 0.4) is 0 Å². The van der Waals surface area contributed by atoms with E-state index in [0.29, 0.717) is 34.4 Å². The summed E-state index contributed by atoms with van der Waals surface area (Å²) >= 11 is 6.85. The van der Waals surface area contributed by atoms with Crippen LogP contribution in [0.1, 0.15) is 65.3 Å². The van der Waals surface area contributed by atoms with Gasteiger partial charge < -0.3 is 15.8 Å². The number of carbonyl (C=O) groups is 2. The van der Waals surface area contributed by atoms with Gasteiger partial charge in [0.1, 0.15) is 10.8 Å². The molecule has 1 atom stereocenters. The lowest BCUT2D eigenvalue weighted by atomic mass is 9.72. The van der Waals surface area contributed by atoms with Crippen LogP contribution in [0, 0.1) is 11.3 Å². The lowest BCUT2D eigenvalue weighted by molar-refractivity contribution is 0.0975. The van der Waals surface area contributed by atoms with Crippen LogP contribution < -0.4 is 21.1 Å². The maximum atomic E-state index is 12.6. The van der Waals surface area contributed by atoms with Crippen molar-refractivity contribution in [2.24, 2.45) is 17.1 Å². The van der Waals surface area contributed by atoms with Gasteiger partial charge in [0, 0.05) is 10.4 Å². The van der Waals surface area contributed by atoms with Crippen LogP contribution in [0.2, 0.25) is 0 Å². The van der Waals surface area contributed by atoms with Crippen molar-refractivity contribution in [2.75, 3.05) is 11.9 Å². The summed E-state index contributed by atoms with van der Waals surface area (Å²) in [6.07, 6.45) is 2.75. The summed E-state index contributed by atoms with van der Waals surface area (Å²) in [5.41, 5.74) is 7.83. The summed E-state index contributed by atoms with van der Waals surface area (Å²) in [5, 5.41) is 6.43. The van der Waals surface area contributed by atoms with Crippen LogP contribution in [0.5, 0.6) is 5.75 Å². The first-order valence-electron chi connectivity index (χ1n) is 10.4. The normalized spacial score (nSPS) is 15.7. The molecule has 0 bridgehead atoms. The lowest BCUT2D eigenvalue weighted by Crippen LogP contribution is -2.34. The number of rotatable bonds is 5. The number of nitrogens with one attached hydrogen (secondary N) is 2. The third-order valence-electron chi connectivity index (χ3n) is 5.60. The number of carbonyl (C=O) groups excluding carboxylic acids is 2. The van der Waals surface area contributed by atoms with Crippen molar-refractivity contribution in [3.63, 3.8) is 0 Å². The Labute approximate surface area is 192 Å². The van der Waals surface area contributed by atoms with Crippen molar-refractivity contribution in [2.45, 2.75) is 47.0 Å². The molecule has 0 radical (unpaired) electrons. The van der Waals surface area contributed by atoms with E-state index in [1.807, 2.05) is 6.92 Å². The minimum atomic E-state index is -0.479. The fourth-order valence-corrected chi connectivity index (χ4v) is 5.47. The maximum absolute atomic E-state index is 12.6. The summed E-state index contributed by atoms with van der Waals surface area (Å²) in [6.45, 7) is 9.13. The molecule has 31 heavy (non-hydrogen) atoms. The summed E-state index contributed by atoms with van der Waals surface area (Å²) in [6, 6.07) is 6.89. The van der Waals surface area contributed by atoms with Crippen molar-refractivity contribution in [3.05, 3.63) is 45.8 Å². The standard InChI is InChI=1S/C23H29N3O3S2/c1-5-29-15-8-6-7-13(11-15)20(28)25-22(30)26-21-18(19(24)27)16-10-9-14(23(2,3)4)12-17(16)31-21/h6-8,11,14H,5,9-10,12H2,1-4H3,(H2,24,27)(H2,25,26,28,30)/t14-/m1/s1. The first-order chi connectivity index (χ1) is 14.6. The van der Waals surface area contributed by atoms with Gasteiger partial charge in [-0.15, -0.1) is 11.3 Å². The molecule has 0 aliphatic heterocycles. The molecule has 0 saturated carbocycles.